The van der Waals surface area contributed by atoms with Gasteiger partial charge in [-0.05, 0) is 149 Å². The standard InChI is InChI=1S/C38H45N6O5P.C29H28N4O4.C9H18ClN2OP.HI/c1-28(2)44(29(3)4)50(48-23-21-39-5)49-24-22-43-36(42-35-25-40-27-41-37(35)43)26-47-38(30-11-9-8-10-12-30,31-13-17-33(45-6)18-14-31)32-15-19-34(46-7)20-16-32;1-35-24-12-8-22(9-13-24)29(21-6-4-3-5-7-21,23-10-14-25(36-2)15-11-23)37-19-27-32-26-18-30-20-31-28(26)33(27)16-17-34;1-8(2)12(9(3)4)14(10)13-7-6-11-5;/h8-20,25,27-29H,21-24,26H2,1-4,6-7H3;3-15,18,20,34H,16-17,19H2,1-2H3;8-9H,6-7H2,1-4H3;1H. The van der Waals surface area contributed by atoms with Crippen molar-refractivity contribution in [3.63, 3.8) is 0 Å². The molecule has 26 heteroatoms. The van der Waals surface area contributed by atoms with Crippen LogP contribution < -0.4 is 18.9 Å². The van der Waals surface area contributed by atoms with Crippen LogP contribution in [-0.2, 0) is 60.6 Å². The second kappa shape index (κ2) is 40.9. The number of aliphatic hydroxyl groups is 1. The summed E-state index contributed by atoms with van der Waals surface area (Å²) in [6, 6.07) is 53.0. The summed E-state index contributed by atoms with van der Waals surface area (Å²) in [5.74, 6) is 4.32. The topological polar surface area (TPSA) is 206 Å². The van der Waals surface area contributed by atoms with Crippen LogP contribution in [0.3, 0.4) is 0 Å². The largest absolute Gasteiger partial charge is 0.497 e. The molecule has 102 heavy (non-hydrogen) atoms. The molecule has 4 heterocycles. The van der Waals surface area contributed by atoms with E-state index in [1.165, 1.54) is 12.7 Å². The molecule has 0 aliphatic heterocycles. The fourth-order valence-electron chi connectivity index (χ4n) is 11.8. The number of hydrogen-bond donors (Lipinski definition) is 1. The van der Waals surface area contributed by atoms with Crippen LogP contribution in [0.25, 0.3) is 32.0 Å². The quantitative estimate of drug-likeness (QED) is 0.0131. The number of imidazole rings is 2. The minimum Gasteiger partial charge on any atom is -0.497 e. The molecule has 1 N–H and O–H groups in total. The highest BCUT2D eigenvalue weighted by Crippen LogP contribution is 2.50. The van der Waals surface area contributed by atoms with E-state index in [1.54, 1.807) is 40.8 Å². The van der Waals surface area contributed by atoms with Gasteiger partial charge in [0.1, 0.15) is 96.0 Å². The van der Waals surface area contributed by atoms with E-state index in [9.17, 15) is 5.11 Å². The van der Waals surface area contributed by atoms with E-state index < -0.39 is 27.4 Å². The van der Waals surface area contributed by atoms with Crippen molar-refractivity contribution in [1.82, 2.24) is 48.4 Å². The van der Waals surface area contributed by atoms with Crippen molar-refractivity contribution < 1.29 is 47.1 Å². The molecule has 4 aromatic heterocycles. The number of rotatable bonds is 34. The van der Waals surface area contributed by atoms with Crippen molar-refractivity contribution in [3.8, 4) is 23.0 Å². The molecule has 540 valence electrons. The molecule has 0 saturated carbocycles. The first-order chi connectivity index (χ1) is 49.0. The Morgan fingerprint density at radius 2 is 0.804 bits per heavy atom. The van der Waals surface area contributed by atoms with Crippen LogP contribution in [0.2, 0.25) is 0 Å². The van der Waals surface area contributed by atoms with E-state index in [-0.39, 0.29) is 62.4 Å². The van der Waals surface area contributed by atoms with E-state index in [0.717, 1.165) is 56.4 Å². The Balaban J connectivity index is 0.000000245. The first-order valence-corrected chi connectivity index (χ1v) is 36.5. The number of halogens is 2. The van der Waals surface area contributed by atoms with E-state index in [0.29, 0.717) is 85.5 Å². The maximum absolute atomic E-state index is 9.73. The zero-order valence-corrected chi connectivity index (χ0v) is 64.7. The van der Waals surface area contributed by atoms with Crippen molar-refractivity contribution in [2.75, 3.05) is 68.0 Å². The lowest BCUT2D eigenvalue weighted by atomic mass is 9.80. The average Bonchev–Trinajstić information content (AvgIpc) is 0.802. The van der Waals surface area contributed by atoms with Crippen LogP contribution in [0.15, 0.2) is 183 Å². The van der Waals surface area contributed by atoms with Gasteiger partial charge in [0, 0.05) is 37.3 Å². The van der Waals surface area contributed by atoms with Gasteiger partial charge in [0.05, 0.1) is 54.0 Å². The zero-order valence-electron chi connectivity index (χ0n) is 59.9. The van der Waals surface area contributed by atoms with E-state index in [4.69, 9.17) is 76.3 Å². The average molecular weight is 1560 g/mol. The van der Waals surface area contributed by atoms with Crippen LogP contribution in [0.1, 0.15) is 100 Å². The summed E-state index contributed by atoms with van der Waals surface area (Å²) in [5.41, 5.74) is 6.24. The maximum Gasteiger partial charge on any atom is 0.259 e. The summed E-state index contributed by atoms with van der Waals surface area (Å²) < 4.78 is 62.2. The fourth-order valence-corrected chi connectivity index (χ4v) is 15.8. The SMILES string of the molecule is COc1ccc(C(OCc2nc3cncnc3n2CCO)(c2ccccc2)c2ccc(OC)cc2)cc1.I.[C-]#[N+]CCOP(Cl)N(C(C)C)C(C)C.[C-]#[N+]CCOP(OCCn1c(COC(c2ccccc2)(c2ccc(OC)cc2)c2ccc(OC)cc2)nc2cncnc21)N(C(C)C)C(C)C. The van der Waals surface area contributed by atoms with E-state index >= 15 is 0 Å². The molecular formula is C76H92ClIN12O10P2. The predicted octanol–water partition coefficient (Wildman–Crippen LogP) is 16.1. The van der Waals surface area contributed by atoms with Crippen LogP contribution in [-0.4, -0.2) is 146 Å². The second-order valence-corrected chi connectivity index (χ2v) is 27.5. The lowest BCUT2D eigenvalue weighted by molar-refractivity contribution is -0.00464. The van der Waals surface area contributed by atoms with E-state index in [2.05, 4.69) is 119 Å². The van der Waals surface area contributed by atoms with Gasteiger partial charge in [0.15, 0.2) is 11.3 Å². The molecule has 0 spiro atoms. The fraction of sp³-hybridized carbons (Fsp3) is 0.368. The summed E-state index contributed by atoms with van der Waals surface area (Å²) in [5, 5.41) is 9.73. The number of methoxy groups -OCH3 is 4. The normalized spacial score (nSPS) is 12.2. The van der Waals surface area contributed by atoms with Crippen LogP contribution >= 0.6 is 51.4 Å². The molecule has 22 nitrogen and oxygen atoms in total. The minimum absolute atomic E-state index is 0. The lowest BCUT2D eigenvalue weighted by Gasteiger charge is -2.36. The number of fused-ring (bicyclic) bond motifs is 2. The first-order valence-electron chi connectivity index (χ1n) is 33.3. The van der Waals surface area contributed by atoms with Crippen molar-refractivity contribution in [2.45, 2.75) is 117 Å². The monoisotopic (exact) mass is 1560 g/mol. The molecule has 0 radical (unpaired) electrons. The lowest BCUT2D eigenvalue weighted by Crippen LogP contribution is -2.34. The summed E-state index contributed by atoms with van der Waals surface area (Å²) >= 11 is 6.14. The first kappa shape index (κ1) is 81.5. The molecule has 0 bridgehead atoms. The minimum atomic E-state index is -1.40. The van der Waals surface area contributed by atoms with Crippen molar-refractivity contribution >= 4 is 73.7 Å². The summed E-state index contributed by atoms with van der Waals surface area (Å²) in [7, 11) is 4.13. The highest BCUT2D eigenvalue weighted by atomic mass is 127. The predicted molar refractivity (Wildman–Crippen MR) is 412 cm³/mol. The van der Waals surface area contributed by atoms with Crippen LogP contribution in [0.5, 0.6) is 23.0 Å². The molecule has 0 fully saturated rings. The third kappa shape index (κ3) is 20.5. The van der Waals surface area contributed by atoms with Gasteiger partial charge in [-0.25, -0.2) is 52.4 Å². The number of ether oxygens (including phenoxy) is 6. The maximum atomic E-state index is 9.73. The van der Waals surface area contributed by atoms with Gasteiger partial charge in [-0.15, -0.1) is 24.0 Å². The Bertz CT molecular complexity index is 4080. The molecule has 2 unspecified atom stereocenters. The number of nitrogens with zero attached hydrogens (tertiary/aromatic N) is 12. The van der Waals surface area contributed by atoms with Gasteiger partial charge in [-0.1, -0.05) is 109 Å². The number of hydrogen-bond acceptors (Lipinski definition) is 18. The molecule has 6 aromatic carbocycles. The Labute approximate surface area is 623 Å². The van der Waals surface area contributed by atoms with Gasteiger partial charge in [-0.3, -0.25) is 0 Å². The summed E-state index contributed by atoms with van der Waals surface area (Å²) in [4.78, 5) is 33.6. The zero-order chi connectivity index (χ0) is 72.3. The summed E-state index contributed by atoms with van der Waals surface area (Å²) in [6.45, 7) is 33.4. The number of aromatic nitrogens is 8. The Hall–Kier alpha value is -7.84. The van der Waals surface area contributed by atoms with Crippen molar-refractivity contribution in [1.29, 1.82) is 0 Å². The molecule has 10 aromatic rings. The third-order valence-electron chi connectivity index (χ3n) is 16.3. The third-order valence-corrected chi connectivity index (χ3v) is 20.9. The summed E-state index contributed by atoms with van der Waals surface area (Å²) in [6.07, 6.45) is 6.37. The Kier molecular flexibility index (Phi) is 32.6. The van der Waals surface area contributed by atoms with Gasteiger partial charge >= 0.3 is 0 Å². The highest BCUT2D eigenvalue weighted by Gasteiger charge is 2.41. The molecule has 0 saturated heterocycles. The van der Waals surface area contributed by atoms with Gasteiger partial charge in [0.25, 0.3) is 8.53 Å². The Morgan fingerprint density at radius 3 is 1.14 bits per heavy atom. The van der Waals surface area contributed by atoms with Gasteiger partial charge in [-0.2, -0.15) is 0 Å². The van der Waals surface area contributed by atoms with Crippen molar-refractivity contribution in [2.24, 2.45) is 0 Å². The molecular weight excluding hydrogens is 1470 g/mol. The molecule has 2 atom stereocenters. The number of aliphatic hydroxyl groups excluding tert-OH is 1. The van der Waals surface area contributed by atoms with Crippen LogP contribution in [0.4, 0.5) is 0 Å². The number of benzene rings is 6. The molecule has 10 rings (SSSR count). The Morgan fingerprint density at radius 1 is 0.471 bits per heavy atom. The molecule has 0 amide bonds. The van der Waals surface area contributed by atoms with Crippen LogP contribution in [0, 0.1) is 13.1 Å². The smallest absolute Gasteiger partial charge is 0.259 e. The van der Waals surface area contributed by atoms with Gasteiger partial charge < -0.3 is 65.9 Å². The highest BCUT2D eigenvalue weighted by molar-refractivity contribution is 14.0. The van der Waals surface area contributed by atoms with Crippen molar-refractivity contribution in [3.05, 3.63) is 251 Å². The van der Waals surface area contributed by atoms with E-state index in [1.807, 2.05) is 143 Å². The molecule has 0 aliphatic carbocycles. The second-order valence-electron chi connectivity index (χ2n) is 24.0. The van der Waals surface area contributed by atoms with Gasteiger partial charge in [0.2, 0.25) is 20.7 Å². The molecule has 0 aliphatic rings.